The number of amides is 1. The minimum Gasteiger partial charge on any atom is -0.367 e. The first-order valence-corrected chi connectivity index (χ1v) is 11.6. The smallest absolute Gasteiger partial charge is 0.255 e. The van der Waals surface area contributed by atoms with Gasteiger partial charge in [-0.05, 0) is 66.6 Å². The van der Waals surface area contributed by atoms with Crippen molar-refractivity contribution in [1.82, 2.24) is 19.7 Å². The molecule has 1 fully saturated rings. The highest BCUT2D eigenvalue weighted by molar-refractivity contribution is 6.06. The van der Waals surface area contributed by atoms with Gasteiger partial charge in [0.25, 0.3) is 5.91 Å². The fraction of sp³-hybridized carbons (Fsp3) is 0.222. The van der Waals surface area contributed by atoms with E-state index in [0.29, 0.717) is 5.56 Å². The van der Waals surface area contributed by atoms with Crippen LogP contribution in [0.3, 0.4) is 0 Å². The SMILES string of the molecule is O=C(Nc1ccccc1N1CCN(CCc2ccncc2)CC1)c1ccc(-n2cccn2)cc1. The molecule has 1 aliphatic heterocycles. The molecule has 3 heterocycles. The van der Waals surface area contributed by atoms with Gasteiger partial charge in [0, 0.05) is 63.1 Å². The van der Waals surface area contributed by atoms with Gasteiger partial charge in [0.15, 0.2) is 0 Å². The van der Waals surface area contributed by atoms with Crippen LogP contribution >= 0.6 is 0 Å². The summed E-state index contributed by atoms with van der Waals surface area (Å²) in [6.07, 6.45) is 8.36. The van der Waals surface area contributed by atoms with Crippen molar-refractivity contribution in [3.8, 4) is 5.69 Å². The number of carbonyl (C=O) groups excluding carboxylic acids is 1. The van der Waals surface area contributed by atoms with Gasteiger partial charge in [0.05, 0.1) is 17.1 Å². The molecular formula is C27H28N6O. The summed E-state index contributed by atoms with van der Waals surface area (Å²) < 4.78 is 1.77. The Morgan fingerprint density at radius 1 is 0.853 bits per heavy atom. The maximum atomic E-state index is 13.0. The monoisotopic (exact) mass is 452 g/mol. The third-order valence-corrected chi connectivity index (χ3v) is 6.23. The number of piperazine rings is 1. The number of anilines is 2. The van der Waals surface area contributed by atoms with E-state index in [4.69, 9.17) is 0 Å². The maximum absolute atomic E-state index is 13.0. The quantitative estimate of drug-likeness (QED) is 0.461. The Morgan fingerprint density at radius 2 is 1.62 bits per heavy atom. The van der Waals surface area contributed by atoms with Crippen LogP contribution in [0.5, 0.6) is 0 Å². The van der Waals surface area contributed by atoms with Crippen LogP contribution < -0.4 is 10.2 Å². The van der Waals surface area contributed by atoms with E-state index in [0.717, 1.165) is 56.2 Å². The van der Waals surface area contributed by atoms with Crippen LogP contribution in [0.4, 0.5) is 11.4 Å². The van der Waals surface area contributed by atoms with E-state index >= 15 is 0 Å². The number of nitrogens with one attached hydrogen (secondary N) is 1. The molecule has 0 atom stereocenters. The number of hydrogen-bond donors (Lipinski definition) is 1. The zero-order valence-corrected chi connectivity index (χ0v) is 19.0. The molecule has 172 valence electrons. The fourth-order valence-corrected chi connectivity index (χ4v) is 4.29. The van der Waals surface area contributed by atoms with Crippen molar-refractivity contribution in [2.45, 2.75) is 6.42 Å². The van der Waals surface area contributed by atoms with Crippen LogP contribution in [0.2, 0.25) is 0 Å². The van der Waals surface area contributed by atoms with E-state index in [2.05, 4.69) is 43.4 Å². The lowest BCUT2D eigenvalue weighted by molar-refractivity contribution is 0.102. The number of aromatic nitrogens is 3. The minimum absolute atomic E-state index is 0.115. The summed E-state index contributed by atoms with van der Waals surface area (Å²) >= 11 is 0. The third-order valence-electron chi connectivity index (χ3n) is 6.23. The Morgan fingerprint density at radius 3 is 2.35 bits per heavy atom. The molecule has 0 bridgehead atoms. The standard InChI is InChI=1S/C27H28N6O/c34-27(23-6-8-24(9-7-23)33-16-3-13-29-33)30-25-4-1-2-5-26(25)32-20-18-31(19-21-32)17-12-22-10-14-28-15-11-22/h1-11,13-16H,12,17-21H2,(H,30,34). The summed E-state index contributed by atoms with van der Waals surface area (Å²) in [5.41, 5.74) is 4.77. The molecule has 1 saturated heterocycles. The van der Waals surface area contributed by atoms with Crippen LogP contribution in [0, 0.1) is 0 Å². The molecule has 1 amide bonds. The second kappa shape index (κ2) is 10.3. The van der Waals surface area contributed by atoms with E-state index in [1.165, 1.54) is 5.56 Å². The average Bonchev–Trinajstić information content (AvgIpc) is 3.44. The number of pyridine rings is 1. The minimum atomic E-state index is -0.115. The molecule has 4 aromatic rings. The van der Waals surface area contributed by atoms with Crippen molar-refractivity contribution in [3.05, 3.63) is 103 Å². The molecule has 0 spiro atoms. The van der Waals surface area contributed by atoms with Gasteiger partial charge in [-0.15, -0.1) is 0 Å². The van der Waals surface area contributed by atoms with E-state index in [1.54, 1.807) is 10.9 Å². The maximum Gasteiger partial charge on any atom is 0.255 e. The Hall–Kier alpha value is -3.97. The topological polar surface area (TPSA) is 66.3 Å². The molecule has 2 aromatic carbocycles. The normalized spacial score (nSPS) is 14.2. The van der Waals surface area contributed by atoms with Crippen molar-refractivity contribution in [1.29, 1.82) is 0 Å². The summed E-state index contributed by atoms with van der Waals surface area (Å²) in [4.78, 5) is 21.9. The summed E-state index contributed by atoms with van der Waals surface area (Å²) in [5, 5.41) is 7.34. The molecule has 0 radical (unpaired) electrons. The molecule has 1 aliphatic rings. The molecular weight excluding hydrogens is 424 g/mol. The van der Waals surface area contributed by atoms with Gasteiger partial charge in [-0.25, -0.2) is 4.68 Å². The van der Waals surface area contributed by atoms with Gasteiger partial charge in [-0.1, -0.05) is 12.1 Å². The number of hydrogen-bond acceptors (Lipinski definition) is 5. The van der Waals surface area contributed by atoms with E-state index in [1.807, 2.05) is 67.1 Å². The van der Waals surface area contributed by atoms with Crippen LogP contribution in [0.25, 0.3) is 5.69 Å². The lowest BCUT2D eigenvalue weighted by Gasteiger charge is -2.37. The Balaban J connectivity index is 1.20. The van der Waals surface area contributed by atoms with Gasteiger partial charge < -0.3 is 10.2 Å². The number of benzene rings is 2. The average molecular weight is 453 g/mol. The number of nitrogens with zero attached hydrogens (tertiary/aromatic N) is 5. The fourth-order valence-electron chi connectivity index (χ4n) is 4.29. The summed E-state index contributed by atoms with van der Waals surface area (Å²) in [7, 11) is 0. The Labute approximate surface area is 199 Å². The molecule has 34 heavy (non-hydrogen) atoms. The first-order chi connectivity index (χ1) is 16.8. The van der Waals surface area contributed by atoms with E-state index < -0.39 is 0 Å². The molecule has 1 N–H and O–H groups in total. The van der Waals surface area contributed by atoms with Crippen molar-refractivity contribution >= 4 is 17.3 Å². The Kier molecular flexibility index (Phi) is 6.63. The highest BCUT2D eigenvalue weighted by Gasteiger charge is 2.20. The molecule has 7 nitrogen and oxygen atoms in total. The predicted molar refractivity (Wildman–Crippen MR) is 135 cm³/mol. The second-order valence-corrected chi connectivity index (χ2v) is 8.40. The van der Waals surface area contributed by atoms with Crippen molar-refractivity contribution in [2.24, 2.45) is 0 Å². The van der Waals surface area contributed by atoms with E-state index in [-0.39, 0.29) is 5.91 Å². The lowest BCUT2D eigenvalue weighted by Crippen LogP contribution is -2.47. The molecule has 0 unspecified atom stereocenters. The summed E-state index contributed by atoms with van der Waals surface area (Å²) in [6, 6.07) is 21.6. The molecule has 0 saturated carbocycles. The summed E-state index contributed by atoms with van der Waals surface area (Å²) in [6.45, 7) is 4.92. The molecule has 7 heteroatoms. The largest absolute Gasteiger partial charge is 0.367 e. The number of para-hydroxylation sites is 2. The van der Waals surface area contributed by atoms with Gasteiger partial charge in [-0.2, -0.15) is 5.10 Å². The number of rotatable bonds is 7. The zero-order chi connectivity index (χ0) is 23.2. The van der Waals surface area contributed by atoms with Crippen molar-refractivity contribution in [3.63, 3.8) is 0 Å². The van der Waals surface area contributed by atoms with Crippen LogP contribution in [0.1, 0.15) is 15.9 Å². The van der Waals surface area contributed by atoms with E-state index in [9.17, 15) is 4.79 Å². The third kappa shape index (κ3) is 5.15. The van der Waals surface area contributed by atoms with Crippen LogP contribution in [-0.4, -0.2) is 58.3 Å². The molecule has 2 aromatic heterocycles. The highest BCUT2D eigenvalue weighted by Crippen LogP contribution is 2.27. The van der Waals surface area contributed by atoms with Crippen molar-refractivity contribution in [2.75, 3.05) is 42.9 Å². The second-order valence-electron chi connectivity index (χ2n) is 8.40. The van der Waals surface area contributed by atoms with Gasteiger partial charge in [0.2, 0.25) is 0 Å². The van der Waals surface area contributed by atoms with Gasteiger partial charge in [0.1, 0.15) is 0 Å². The molecule has 5 rings (SSSR count). The van der Waals surface area contributed by atoms with Crippen LogP contribution in [-0.2, 0) is 6.42 Å². The summed E-state index contributed by atoms with van der Waals surface area (Å²) in [5.74, 6) is -0.115. The van der Waals surface area contributed by atoms with Crippen molar-refractivity contribution < 1.29 is 4.79 Å². The first kappa shape index (κ1) is 21.9. The highest BCUT2D eigenvalue weighted by atomic mass is 16.1. The van der Waals surface area contributed by atoms with Gasteiger partial charge in [-0.3, -0.25) is 14.7 Å². The zero-order valence-electron chi connectivity index (χ0n) is 19.0. The van der Waals surface area contributed by atoms with Crippen LogP contribution in [0.15, 0.2) is 91.5 Å². The predicted octanol–water partition coefficient (Wildman–Crippen LogP) is 3.88. The first-order valence-electron chi connectivity index (χ1n) is 11.6. The molecule has 0 aliphatic carbocycles. The Bertz CT molecular complexity index is 1200. The van der Waals surface area contributed by atoms with Gasteiger partial charge >= 0.3 is 0 Å². The lowest BCUT2D eigenvalue weighted by atomic mass is 10.1. The number of carbonyl (C=O) groups is 1.